The van der Waals surface area contributed by atoms with E-state index in [1.807, 2.05) is 0 Å². The van der Waals surface area contributed by atoms with Crippen LogP contribution in [0, 0.1) is 0 Å². The van der Waals surface area contributed by atoms with Gasteiger partial charge in [0.05, 0.1) is 0 Å². The number of allylic oxidation sites excluding steroid dienone is 2. The largest absolute Gasteiger partial charge is 0.389 e. The third-order valence-corrected chi connectivity index (χ3v) is 1.02. The minimum absolute atomic E-state index is 0.0486. The third kappa shape index (κ3) is 5.41. The van der Waals surface area contributed by atoms with Gasteiger partial charge in [0.2, 0.25) is 0 Å². The predicted octanol–water partition coefficient (Wildman–Crippen LogP) is 3.07. The summed E-state index contributed by atoms with van der Waals surface area (Å²) in [5.41, 5.74) is 0.428. The molecule has 0 saturated carbocycles. The highest BCUT2D eigenvalue weighted by atomic mass is 19.4. The van der Waals surface area contributed by atoms with Gasteiger partial charge in [-0.2, -0.15) is 13.2 Å². The second-order valence-corrected chi connectivity index (χ2v) is 1.98. The molecule has 0 amide bonds. The Balaban J connectivity index is 3.55. The van der Waals surface area contributed by atoms with Crippen molar-refractivity contribution in [3.8, 4) is 0 Å². The van der Waals surface area contributed by atoms with E-state index in [-0.39, 0.29) is 6.42 Å². The number of hydrogen-bond acceptors (Lipinski definition) is 0. The van der Waals surface area contributed by atoms with Gasteiger partial charge in [-0.1, -0.05) is 24.8 Å². The molecule has 3 heteroatoms. The van der Waals surface area contributed by atoms with Crippen LogP contribution in [0.5, 0.6) is 0 Å². The van der Waals surface area contributed by atoms with Crippen LogP contribution in [0.3, 0.4) is 0 Å². The number of rotatable bonds is 3. The molecule has 0 aliphatic carbocycles. The van der Waals surface area contributed by atoms with Gasteiger partial charge in [0.15, 0.2) is 0 Å². The molecule has 0 aliphatic rings. The fourth-order valence-corrected chi connectivity index (χ4v) is 0.404. The molecule has 0 nitrogen and oxygen atoms in total. The summed E-state index contributed by atoms with van der Waals surface area (Å²) in [4.78, 5) is 0. The standard InChI is InChI=1S/C7H9F3/c1-3-6(2)4-5-7(8,9)10/h3H,1-2,4-5H2. The molecule has 0 unspecified atom stereocenters. The molecule has 0 aromatic heterocycles. The highest BCUT2D eigenvalue weighted by Crippen LogP contribution is 2.23. The first kappa shape index (κ1) is 9.27. The first-order valence-electron chi connectivity index (χ1n) is 2.82. The summed E-state index contributed by atoms with van der Waals surface area (Å²) >= 11 is 0. The molecule has 0 aliphatic heterocycles. The van der Waals surface area contributed by atoms with Crippen molar-refractivity contribution in [1.82, 2.24) is 0 Å². The van der Waals surface area contributed by atoms with Crippen LogP contribution in [0.2, 0.25) is 0 Å². The fourth-order valence-electron chi connectivity index (χ4n) is 0.404. The van der Waals surface area contributed by atoms with Gasteiger partial charge in [-0.25, -0.2) is 0 Å². The average molecular weight is 150 g/mol. The van der Waals surface area contributed by atoms with E-state index in [2.05, 4.69) is 13.2 Å². The smallest absolute Gasteiger partial charge is 0.171 e. The quantitative estimate of drug-likeness (QED) is 0.542. The average Bonchev–Trinajstić information content (AvgIpc) is 1.81. The summed E-state index contributed by atoms with van der Waals surface area (Å²) in [6.45, 7) is 6.65. The van der Waals surface area contributed by atoms with Gasteiger partial charge >= 0.3 is 6.18 Å². The van der Waals surface area contributed by atoms with Crippen molar-refractivity contribution in [3.63, 3.8) is 0 Å². The second-order valence-electron chi connectivity index (χ2n) is 1.98. The molecule has 0 bridgehead atoms. The zero-order valence-corrected chi connectivity index (χ0v) is 5.54. The van der Waals surface area contributed by atoms with Gasteiger partial charge < -0.3 is 0 Å². The SMILES string of the molecule is C=CC(=C)CCC(F)(F)F. The molecule has 0 spiro atoms. The molecule has 0 atom stereocenters. The van der Waals surface area contributed by atoms with E-state index in [0.29, 0.717) is 5.57 Å². The van der Waals surface area contributed by atoms with Gasteiger partial charge in [0.1, 0.15) is 0 Å². The van der Waals surface area contributed by atoms with Gasteiger partial charge in [0.25, 0.3) is 0 Å². The van der Waals surface area contributed by atoms with Gasteiger partial charge in [-0.3, -0.25) is 0 Å². The Hall–Kier alpha value is -0.730. The Morgan fingerprint density at radius 3 is 2.20 bits per heavy atom. The van der Waals surface area contributed by atoms with Gasteiger partial charge in [-0.05, 0) is 6.42 Å². The second kappa shape index (κ2) is 3.44. The Morgan fingerprint density at radius 1 is 1.40 bits per heavy atom. The first-order valence-corrected chi connectivity index (χ1v) is 2.82. The Morgan fingerprint density at radius 2 is 1.90 bits per heavy atom. The van der Waals surface area contributed by atoms with Gasteiger partial charge in [0, 0.05) is 6.42 Å². The van der Waals surface area contributed by atoms with E-state index in [1.54, 1.807) is 0 Å². The Labute approximate surface area is 58.0 Å². The number of hydrogen-bond donors (Lipinski definition) is 0. The molecule has 10 heavy (non-hydrogen) atoms. The zero-order valence-electron chi connectivity index (χ0n) is 5.54. The van der Waals surface area contributed by atoms with E-state index in [9.17, 15) is 13.2 Å². The highest BCUT2D eigenvalue weighted by Gasteiger charge is 2.26. The lowest BCUT2D eigenvalue weighted by molar-refractivity contribution is -0.133. The van der Waals surface area contributed by atoms with Crippen LogP contribution in [-0.2, 0) is 0 Å². The van der Waals surface area contributed by atoms with Crippen LogP contribution in [-0.4, -0.2) is 6.18 Å². The molecular formula is C7H9F3. The van der Waals surface area contributed by atoms with Crippen molar-refractivity contribution in [2.24, 2.45) is 0 Å². The van der Waals surface area contributed by atoms with Crippen LogP contribution in [0.15, 0.2) is 24.8 Å². The van der Waals surface area contributed by atoms with E-state index in [4.69, 9.17) is 0 Å². The maximum atomic E-state index is 11.5. The minimum atomic E-state index is -4.08. The summed E-state index contributed by atoms with van der Waals surface area (Å²) in [5, 5.41) is 0. The fraction of sp³-hybridized carbons (Fsp3) is 0.429. The van der Waals surface area contributed by atoms with Crippen molar-refractivity contribution >= 4 is 0 Å². The Kier molecular flexibility index (Phi) is 3.19. The Bertz CT molecular complexity index is 132. The molecule has 0 aromatic rings. The summed E-state index contributed by atoms with van der Waals surface area (Å²) in [6, 6.07) is 0. The van der Waals surface area contributed by atoms with Crippen molar-refractivity contribution in [1.29, 1.82) is 0 Å². The van der Waals surface area contributed by atoms with Crippen LogP contribution in [0.1, 0.15) is 12.8 Å². The molecule has 0 radical (unpaired) electrons. The summed E-state index contributed by atoms with van der Waals surface area (Å²) in [6.07, 6.45) is -3.59. The summed E-state index contributed by atoms with van der Waals surface area (Å²) < 4.78 is 34.4. The lowest BCUT2D eigenvalue weighted by Gasteiger charge is -2.04. The van der Waals surface area contributed by atoms with Crippen LogP contribution >= 0.6 is 0 Å². The number of halogens is 3. The van der Waals surface area contributed by atoms with Crippen molar-refractivity contribution in [2.75, 3.05) is 0 Å². The van der Waals surface area contributed by atoms with E-state index >= 15 is 0 Å². The molecule has 0 N–H and O–H groups in total. The molecule has 0 saturated heterocycles. The highest BCUT2D eigenvalue weighted by molar-refractivity contribution is 5.10. The zero-order chi connectivity index (χ0) is 8.20. The molecule has 0 aromatic carbocycles. The molecular weight excluding hydrogens is 141 g/mol. The van der Waals surface area contributed by atoms with E-state index in [1.165, 1.54) is 6.08 Å². The first-order chi connectivity index (χ1) is 4.45. The molecule has 0 heterocycles. The monoisotopic (exact) mass is 150 g/mol. The van der Waals surface area contributed by atoms with Crippen molar-refractivity contribution in [3.05, 3.63) is 24.8 Å². The minimum Gasteiger partial charge on any atom is -0.171 e. The summed E-state index contributed by atoms with van der Waals surface area (Å²) in [5.74, 6) is 0. The van der Waals surface area contributed by atoms with Crippen LogP contribution < -0.4 is 0 Å². The molecule has 0 fully saturated rings. The van der Waals surface area contributed by atoms with Crippen LogP contribution in [0.25, 0.3) is 0 Å². The van der Waals surface area contributed by atoms with Crippen LogP contribution in [0.4, 0.5) is 13.2 Å². The van der Waals surface area contributed by atoms with Gasteiger partial charge in [-0.15, -0.1) is 0 Å². The maximum Gasteiger partial charge on any atom is 0.389 e. The third-order valence-electron chi connectivity index (χ3n) is 1.02. The molecule has 58 valence electrons. The number of alkyl halides is 3. The normalized spacial score (nSPS) is 11.1. The van der Waals surface area contributed by atoms with Crippen molar-refractivity contribution in [2.45, 2.75) is 19.0 Å². The lowest BCUT2D eigenvalue weighted by Crippen LogP contribution is -2.06. The van der Waals surface area contributed by atoms with E-state index in [0.717, 1.165) is 0 Å². The lowest BCUT2D eigenvalue weighted by atomic mass is 10.1. The topological polar surface area (TPSA) is 0 Å². The van der Waals surface area contributed by atoms with Crippen molar-refractivity contribution < 1.29 is 13.2 Å². The maximum absolute atomic E-state index is 11.5. The predicted molar refractivity (Wildman–Crippen MR) is 34.6 cm³/mol. The summed E-state index contributed by atoms with van der Waals surface area (Å²) in [7, 11) is 0. The van der Waals surface area contributed by atoms with E-state index < -0.39 is 12.6 Å². The molecule has 0 rings (SSSR count).